The molecule has 2 atom stereocenters. The van der Waals surface area contributed by atoms with Crippen molar-refractivity contribution in [2.24, 2.45) is 0 Å². The highest BCUT2D eigenvalue weighted by molar-refractivity contribution is 5.73. The molecule has 4 heterocycles. The molecule has 9 nitrogen and oxygen atoms in total. The van der Waals surface area contributed by atoms with Crippen LogP contribution in [0.5, 0.6) is 6.01 Å². The van der Waals surface area contributed by atoms with Gasteiger partial charge >= 0.3 is 6.01 Å². The van der Waals surface area contributed by atoms with E-state index in [1.165, 1.54) is 12.8 Å². The summed E-state index contributed by atoms with van der Waals surface area (Å²) in [5, 5.41) is 5.05. The lowest BCUT2D eigenvalue weighted by Gasteiger charge is -2.23. The first kappa shape index (κ1) is 18.2. The number of nitrogens with one attached hydrogen (secondary N) is 1. The molecule has 152 valence electrons. The molecule has 1 aliphatic heterocycles. The Bertz CT molecular complexity index is 1040. The normalized spacial score (nSPS) is 21.8. The largest absolute Gasteiger partial charge is 0.459 e. The molecule has 0 spiro atoms. The first-order valence-corrected chi connectivity index (χ1v) is 10.3. The summed E-state index contributed by atoms with van der Waals surface area (Å²) in [6.07, 6.45) is 10.5. The lowest BCUT2D eigenvalue weighted by Crippen LogP contribution is -2.30. The van der Waals surface area contributed by atoms with Crippen LogP contribution >= 0.6 is 0 Å². The second kappa shape index (κ2) is 7.55. The zero-order chi connectivity index (χ0) is 19.8. The highest BCUT2D eigenvalue weighted by Gasteiger charge is 2.30. The van der Waals surface area contributed by atoms with Crippen LogP contribution in [-0.4, -0.2) is 53.8 Å². The minimum absolute atomic E-state index is 0.0238. The van der Waals surface area contributed by atoms with E-state index in [9.17, 15) is 4.79 Å². The van der Waals surface area contributed by atoms with Crippen LogP contribution in [0, 0.1) is 0 Å². The summed E-state index contributed by atoms with van der Waals surface area (Å²) in [5.41, 5.74) is 0.581. The Balaban J connectivity index is 1.36. The molecule has 3 aromatic heterocycles. The van der Waals surface area contributed by atoms with Crippen molar-refractivity contribution < 1.29 is 4.74 Å². The molecule has 29 heavy (non-hydrogen) atoms. The van der Waals surface area contributed by atoms with Crippen molar-refractivity contribution in [3.63, 3.8) is 0 Å². The molecule has 5 rings (SSSR count). The van der Waals surface area contributed by atoms with E-state index in [0.717, 1.165) is 32.4 Å². The van der Waals surface area contributed by atoms with Gasteiger partial charge in [-0.1, -0.05) is 12.8 Å². The Hall–Kier alpha value is -2.81. The zero-order valence-electron chi connectivity index (χ0n) is 16.5. The third kappa shape index (κ3) is 3.50. The molecule has 9 heteroatoms. The van der Waals surface area contributed by atoms with E-state index in [2.05, 4.69) is 31.9 Å². The quantitative estimate of drug-likeness (QED) is 0.707. The fourth-order valence-electron chi connectivity index (χ4n) is 4.44. The molecular formula is C20H25N7O2. The number of aromatic amines is 1. The average molecular weight is 395 g/mol. The van der Waals surface area contributed by atoms with Gasteiger partial charge in [-0.15, -0.1) is 0 Å². The van der Waals surface area contributed by atoms with Gasteiger partial charge in [0.2, 0.25) is 0 Å². The van der Waals surface area contributed by atoms with E-state index >= 15 is 0 Å². The van der Waals surface area contributed by atoms with Crippen molar-refractivity contribution in [1.29, 1.82) is 0 Å². The predicted molar refractivity (Wildman–Crippen MR) is 107 cm³/mol. The van der Waals surface area contributed by atoms with Crippen molar-refractivity contribution >= 4 is 11.0 Å². The molecule has 2 aliphatic rings. The highest BCUT2D eigenvalue weighted by atomic mass is 16.5. The van der Waals surface area contributed by atoms with Crippen LogP contribution in [0.2, 0.25) is 0 Å². The summed E-state index contributed by atoms with van der Waals surface area (Å²) in [6, 6.07) is 2.50. The van der Waals surface area contributed by atoms with Gasteiger partial charge in [0, 0.05) is 25.5 Å². The summed E-state index contributed by atoms with van der Waals surface area (Å²) in [6.45, 7) is 3.67. The fourth-order valence-corrected chi connectivity index (χ4v) is 4.44. The maximum atomic E-state index is 12.6. The summed E-state index contributed by atoms with van der Waals surface area (Å²) >= 11 is 0. The van der Waals surface area contributed by atoms with E-state index in [0.29, 0.717) is 28.9 Å². The van der Waals surface area contributed by atoms with Crippen molar-refractivity contribution in [3.05, 3.63) is 40.8 Å². The number of ether oxygens (including phenoxy) is 1. The van der Waals surface area contributed by atoms with Gasteiger partial charge in [-0.05, 0) is 32.3 Å². The summed E-state index contributed by atoms with van der Waals surface area (Å²) in [4.78, 5) is 31.0. The van der Waals surface area contributed by atoms with E-state index in [1.54, 1.807) is 24.7 Å². The molecule has 1 N–H and O–H groups in total. The molecule has 0 bridgehead atoms. The van der Waals surface area contributed by atoms with Gasteiger partial charge in [-0.2, -0.15) is 5.10 Å². The van der Waals surface area contributed by atoms with Crippen LogP contribution in [0.1, 0.15) is 56.9 Å². The highest BCUT2D eigenvalue weighted by Crippen LogP contribution is 2.31. The molecule has 1 saturated heterocycles. The summed E-state index contributed by atoms with van der Waals surface area (Å²) in [7, 11) is 0. The minimum atomic E-state index is -0.120. The standard InChI is InChI=1S/C20H25N7O2/c1-13(26-10-7-15(12-26)29-20-21-8-4-9-22-20)17-24-18-16(19(28)25-17)11-23-27(18)14-5-2-3-6-14/h4,8-9,11,13-15H,2-3,5-7,10,12H2,1H3,(H,24,25,28)/t13-,15+/m1/s1. The molecule has 0 amide bonds. The van der Waals surface area contributed by atoms with Crippen molar-refractivity contribution in [2.75, 3.05) is 13.1 Å². The van der Waals surface area contributed by atoms with Crippen molar-refractivity contribution in [3.8, 4) is 6.01 Å². The number of hydrogen-bond acceptors (Lipinski definition) is 7. The topological polar surface area (TPSA) is 102 Å². The molecule has 0 unspecified atom stereocenters. The van der Waals surface area contributed by atoms with Crippen LogP contribution in [0.4, 0.5) is 0 Å². The van der Waals surface area contributed by atoms with Gasteiger partial charge in [-0.3, -0.25) is 9.69 Å². The first-order chi connectivity index (χ1) is 14.2. The van der Waals surface area contributed by atoms with Gasteiger partial charge in [-0.25, -0.2) is 19.6 Å². The van der Waals surface area contributed by atoms with Crippen LogP contribution in [0.15, 0.2) is 29.5 Å². The number of likely N-dealkylation sites (tertiary alicyclic amines) is 1. The molecule has 1 aliphatic carbocycles. The Kier molecular flexibility index (Phi) is 4.75. The maximum Gasteiger partial charge on any atom is 0.316 e. The summed E-state index contributed by atoms with van der Waals surface area (Å²) < 4.78 is 7.84. The Morgan fingerprint density at radius 1 is 1.21 bits per heavy atom. The van der Waals surface area contributed by atoms with Gasteiger partial charge in [0.15, 0.2) is 5.65 Å². The van der Waals surface area contributed by atoms with Crippen LogP contribution in [-0.2, 0) is 0 Å². The smallest absolute Gasteiger partial charge is 0.316 e. The Labute approximate surface area is 168 Å². The number of hydrogen-bond donors (Lipinski definition) is 1. The number of aromatic nitrogens is 6. The average Bonchev–Trinajstić information content (AvgIpc) is 3.48. The van der Waals surface area contributed by atoms with Gasteiger partial charge in [0.25, 0.3) is 5.56 Å². The van der Waals surface area contributed by atoms with Gasteiger partial charge < -0.3 is 9.72 Å². The Morgan fingerprint density at radius 3 is 2.79 bits per heavy atom. The van der Waals surface area contributed by atoms with E-state index in [4.69, 9.17) is 9.72 Å². The Morgan fingerprint density at radius 2 is 2.00 bits per heavy atom. The van der Waals surface area contributed by atoms with Crippen molar-refractivity contribution in [1.82, 2.24) is 34.6 Å². The third-order valence-corrected chi connectivity index (χ3v) is 6.09. The number of fused-ring (bicyclic) bond motifs is 1. The molecule has 2 fully saturated rings. The second-order valence-electron chi connectivity index (χ2n) is 7.95. The third-order valence-electron chi connectivity index (χ3n) is 6.09. The molecule has 0 aromatic carbocycles. The molecule has 3 aromatic rings. The van der Waals surface area contributed by atoms with Crippen LogP contribution < -0.4 is 10.3 Å². The number of rotatable bonds is 5. The van der Waals surface area contributed by atoms with E-state index in [-0.39, 0.29) is 17.7 Å². The lowest BCUT2D eigenvalue weighted by molar-refractivity contribution is 0.169. The number of H-pyrrole nitrogens is 1. The molecule has 0 radical (unpaired) electrons. The van der Waals surface area contributed by atoms with Gasteiger partial charge in [0.05, 0.1) is 18.3 Å². The summed E-state index contributed by atoms with van der Waals surface area (Å²) in [5.74, 6) is 0.679. The SMILES string of the molecule is C[C@H](c1nc2c(cnn2C2CCCC2)c(=O)[nH]1)N1CC[C@H](Oc2ncccn2)C1. The fraction of sp³-hybridized carbons (Fsp3) is 0.550. The lowest BCUT2D eigenvalue weighted by atomic mass is 10.2. The van der Waals surface area contributed by atoms with E-state index < -0.39 is 0 Å². The van der Waals surface area contributed by atoms with Gasteiger partial charge in [0.1, 0.15) is 17.3 Å². The van der Waals surface area contributed by atoms with Crippen LogP contribution in [0.3, 0.4) is 0 Å². The minimum Gasteiger partial charge on any atom is -0.459 e. The predicted octanol–water partition coefficient (Wildman–Crippen LogP) is 2.24. The van der Waals surface area contributed by atoms with E-state index in [1.807, 2.05) is 4.68 Å². The molecular weight excluding hydrogens is 370 g/mol. The van der Waals surface area contributed by atoms with Crippen LogP contribution in [0.25, 0.3) is 11.0 Å². The monoisotopic (exact) mass is 395 g/mol. The maximum absolute atomic E-state index is 12.6. The number of nitrogens with zero attached hydrogens (tertiary/aromatic N) is 6. The van der Waals surface area contributed by atoms with Crippen molar-refractivity contribution in [2.45, 2.75) is 57.2 Å². The second-order valence-corrected chi connectivity index (χ2v) is 7.95. The zero-order valence-corrected chi connectivity index (χ0v) is 16.5. The first-order valence-electron chi connectivity index (χ1n) is 10.3. The molecule has 1 saturated carbocycles.